The van der Waals surface area contributed by atoms with Crippen LogP contribution in [0.3, 0.4) is 0 Å². The maximum absolute atomic E-state index is 13.1. The van der Waals surface area contributed by atoms with Crippen LogP contribution in [0, 0.1) is 0 Å². The van der Waals surface area contributed by atoms with Crippen molar-refractivity contribution in [3.63, 3.8) is 0 Å². The second-order valence-electron chi connectivity index (χ2n) is 6.60. The molecule has 3 aromatic rings. The predicted octanol–water partition coefficient (Wildman–Crippen LogP) is 3.40. The molecule has 0 saturated carbocycles. The van der Waals surface area contributed by atoms with Crippen LogP contribution >= 0.6 is 22.9 Å². The normalized spacial score (nSPS) is 11.1. The van der Waals surface area contributed by atoms with Crippen LogP contribution in [0.2, 0.25) is 5.02 Å². The van der Waals surface area contributed by atoms with Crippen LogP contribution in [-0.4, -0.2) is 57.7 Å². The zero-order valence-corrected chi connectivity index (χ0v) is 17.2. The highest BCUT2D eigenvalue weighted by Gasteiger charge is 2.20. The van der Waals surface area contributed by atoms with E-state index in [1.165, 1.54) is 11.3 Å². The number of thiazole rings is 1. The van der Waals surface area contributed by atoms with Gasteiger partial charge in [0.2, 0.25) is 0 Å². The Morgan fingerprint density at radius 3 is 2.59 bits per heavy atom. The van der Waals surface area contributed by atoms with Gasteiger partial charge in [-0.15, -0.1) is 11.3 Å². The highest BCUT2D eigenvalue weighted by atomic mass is 35.5. The summed E-state index contributed by atoms with van der Waals surface area (Å²) < 4.78 is 1.72. The molecule has 0 aliphatic rings. The fourth-order valence-electron chi connectivity index (χ4n) is 2.58. The molecule has 2 aromatic heterocycles. The topological polar surface area (TPSA) is 54.3 Å². The Labute approximate surface area is 168 Å². The van der Waals surface area contributed by atoms with Crippen LogP contribution in [0.1, 0.15) is 16.1 Å². The molecule has 0 atom stereocenters. The Balaban J connectivity index is 1.79. The summed E-state index contributed by atoms with van der Waals surface area (Å²) in [5.74, 6) is -0.0711. The molecule has 0 radical (unpaired) electrons. The minimum Gasteiger partial charge on any atom is -0.332 e. The Kier molecular flexibility index (Phi) is 6.26. The zero-order valence-electron chi connectivity index (χ0n) is 15.6. The standard InChI is InChI=1S/C19H22ClN5OS/c1-23(2)8-9-25(11-14-4-6-16(20)7-5-14)19(26)17-13-27-18(22-17)15-10-21-24(3)12-15/h4-7,10,12-13H,8-9,11H2,1-3H3. The van der Waals surface area contributed by atoms with Gasteiger partial charge in [-0.2, -0.15) is 5.10 Å². The highest BCUT2D eigenvalue weighted by molar-refractivity contribution is 7.13. The van der Waals surface area contributed by atoms with Crippen molar-refractivity contribution < 1.29 is 4.79 Å². The Morgan fingerprint density at radius 1 is 1.22 bits per heavy atom. The van der Waals surface area contributed by atoms with E-state index in [-0.39, 0.29) is 5.91 Å². The molecule has 6 nitrogen and oxygen atoms in total. The van der Waals surface area contributed by atoms with Gasteiger partial charge in [0.05, 0.1) is 6.20 Å². The van der Waals surface area contributed by atoms with Crippen molar-refractivity contribution in [1.29, 1.82) is 0 Å². The van der Waals surface area contributed by atoms with Crippen molar-refractivity contribution in [2.75, 3.05) is 27.2 Å². The zero-order chi connectivity index (χ0) is 19.4. The van der Waals surface area contributed by atoms with Crippen LogP contribution < -0.4 is 0 Å². The summed E-state index contributed by atoms with van der Waals surface area (Å²) in [4.78, 5) is 21.5. The van der Waals surface area contributed by atoms with E-state index in [0.29, 0.717) is 23.8 Å². The highest BCUT2D eigenvalue weighted by Crippen LogP contribution is 2.24. The Bertz CT molecular complexity index is 903. The van der Waals surface area contributed by atoms with E-state index in [0.717, 1.165) is 22.7 Å². The molecular weight excluding hydrogens is 382 g/mol. The monoisotopic (exact) mass is 403 g/mol. The van der Waals surface area contributed by atoms with E-state index < -0.39 is 0 Å². The molecule has 0 saturated heterocycles. The fraction of sp³-hybridized carbons (Fsp3) is 0.316. The van der Waals surface area contributed by atoms with Gasteiger partial charge in [-0.25, -0.2) is 4.98 Å². The first-order valence-corrected chi connectivity index (χ1v) is 9.81. The van der Waals surface area contributed by atoms with Crippen LogP contribution in [0.5, 0.6) is 0 Å². The number of hydrogen-bond acceptors (Lipinski definition) is 5. The van der Waals surface area contributed by atoms with E-state index >= 15 is 0 Å². The maximum Gasteiger partial charge on any atom is 0.273 e. The summed E-state index contributed by atoms with van der Waals surface area (Å²) >= 11 is 7.42. The molecule has 0 bridgehead atoms. The molecule has 0 unspecified atom stereocenters. The molecule has 1 amide bonds. The molecule has 8 heteroatoms. The number of likely N-dealkylation sites (N-methyl/N-ethyl adjacent to an activating group) is 1. The van der Waals surface area contributed by atoms with Gasteiger partial charge in [-0.05, 0) is 31.8 Å². The summed E-state index contributed by atoms with van der Waals surface area (Å²) in [5.41, 5.74) is 2.42. The smallest absolute Gasteiger partial charge is 0.273 e. The fourth-order valence-corrected chi connectivity index (χ4v) is 3.48. The minimum atomic E-state index is -0.0711. The molecule has 2 heterocycles. The molecule has 142 valence electrons. The average molecular weight is 404 g/mol. The van der Waals surface area contributed by atoms with E-state index in [1.807, 2.05) is 61.9 Å². The summed E-state index contributed by atoms with van der Waals surface area (Å²) in [7, 11) is 5.85. The molecule has 3 rings (SSSR count). The maximum atomic E-state index is 13.1. The van der Waals surface area contributed by atoms with E-state index in [9.17, 15) is 4.79 Å². The predicted molar refractivity (Wildman–Crippen MR) is 109 cm³/mol. The molecule has 0 aliphatic heterocycles. The Morgan fingerprint density at radius 2 is 1.96 bits per heavy atom. The number of hydrogen-bond donors (Lipinski definition) is 0. The third-order valence-corrected chi connectivity index (χ3v) is 5.21. The summed E-state index contributed by atoms with van der Waals surface area (Å²) in [5, 5.41) is 7.46. The molecule has 0 fully saturated rings. The van der Waals surface area contributed by atoms with Gasteiger partial charge < -0.3 is 9.80 Å². The average Bonchev–Trinajstić information content (AvgIpc) is 3.28. The first-order valence-electron chi connectivity index (χ1n) is 8.55. The third-order valence-electron chi connectivity index (χ3n) is 4.07. The van der Waals surface area contributed by atoms with Gasteiger partial charge in [0.25, 0.3) is 5.91 Å². The van der Waals surface area contributed by atoms with Crippen LogP contribution in [0.15, 0.2) is 42.0 Å². The third kappa shape index (κ3) is 5.15. The quantitative estimate of drug-likeness (QED) is 0.606. The van der Waals surface area contributed by atoms with Crippen molar-refractivity contribution >= 4 is 28.8 Å². The first-order chi connectivity index (χ1) is 12.9. The van der Waals surface area contributed by atoms with Crippen molar-refractivity contribution in [1.82, 2.24) is 24.6 Å². The Hall–Kier alpha value is -2.22. The lowest BCUT2D eigenvalue weighted by Gasteiger charge is -2.24. The van der Waals surface area contributed by atoms with Crippen LogP contribution in [0.25, 0.3) is 10.6 Å². The molecule has 0 N–H and O–H groups in total. The minimum absolute atomic E-state index is 0.0711. The van der Waals surface area contributed by atoms with Gasteiger partial charge in [0.15, 0.2) is 0 Å². The van der Waals surface area contributed by atoms with E-state index in [2.05, 4.69) is 15.0 Å². The summed E-state index contributed by atoms with van der Waals surface area (Å²) in [6, 6.07) is 7.57. The van der Waals surface area contributed by atoms with Gasteiger partial charge in [-0.1, -0.05) is 23.7 Å². The van der Waals surface area contributed by atoms with Gasteiger partial charge in [0, 0.05) is 48.8 Å². The number of aryl methyl sites for hydroxylation is 1. The van der Waals surface area contributed by atoms with E-state index in [1.54, 1.807) is 10.9 Å². The van der Waals surface area contributed by atoms with Crippen molar-refractivity contribution in [3.8, 4) is 10.6 Å². The number of benzene rings is 1. The lowest BCUT2D eigenvalue weighted by molar-refractivity contribution is 0.0727. The van der Waals surface area contributed by atoms with Gasteiger partial charge in [0.1, 0.15) is 10.7 Å². The first kappa shape index (κ1) is 19.5. The van der Waals surface area contributed by atoms with Crippen LogP contribution in [-0.2, 0) is 13.6 Å². The second kappa shape index (κ2) is 8.65. The summed E-state index contributed by atoms with van der Waals surface area (Å²) in [6.07, 6.45) is 3.65. The number of carbonyl (C=O) groups excluding carboxylic acids is 1. The molecule has 27 heavy (non-hydrogen) atoms. The molecular formula is C19H22ClN5OS. The van der Waals surface area contributed by atoms with Gasteiger partial charge in [-0.3, -0.25) is 9.48 Å². The lowest BCUT2D eigenvalue weighted by atomic mass is 10.2. The summed E-state index contributed by atoms with van der Waals surface area (Å²) in [6.45, 7) is 1.91. The SMILES string of the molecule is CN(C)CCN(Cc1ccc(Cl)cc1)C(=O)c1csc(-c2cnn(C)c2)n1. The number of aromatic nitrogens is 3. The van der Waals surface area contributed by atoms with Crippen molar-refractivity contribution in [2.45, 2.75) is 6.54 Å². The molecule has 0 aliphatic carbocycles. The van der Waals surface area contributed by atoms with Crippen molar-refractivity contribution in [2.24, 2.45) is 7.05 Å². The molecule has 0 spiro atoms. The van der Waals surface area contributed by atoms with E-state index in [4.69, 9.17) is 11.6 Å². The second-order valence-corrected chi connectivity index (χ2v) is 7.89. The van der Waals surface area contributed by atoms with Gasteiger partial charge >= 0.3 is 0 Å². The number of halogens is 1. The molecule has 1 aromatic carbocycles. The number of amides is 1. The number of nitrogens with zero attached hydrogens (tertiary/aromatic N) is 5. The number of rotatable bonds is 7. The van der Waals surface area contributed by atoms with Crippen LogP contribution in [0.4, 0.5) is 0 Å². The van der Waals surface area contributed by atoms with Crippen molar-refractivity contribution in [3.05, 3.63) is 58.3 Å². The lowest BCUT2D eigenvalue weighted by Crippen LogP contribution is -2.36. The largest absolute Gasteiger partial charge is 0.332 e. The number of carbonyl (C=O) groups is 1.